The average molecular weight is 370 g/mol. The predicted octanol–water partition coefficient (Wildman–Crippen LogP) is 3.32. The molecule has 0 N–H and O–H groups in total. The van der Waals surface area contributed by atoms with E-state index in [1.807, 2.05) is 36.4 Å². The number of ether oxygens (including phenoxy) is 5. The van der Waals surface area contributed by atoms with Crippen molar-refractivity contribution >= 4 is 5.78 Å². The monoisotopic (exact) mass is 370 g/mol. The quantitative estimate of drug-likeness (QED) is 0.745. The molecule has 2 aromatic rings. The molecule has 4 rings (SSSR count). The molecule has 142 valence electrons. The largest absolute Gasteiger partial charge is 0.493 e. The van der Waals surface area contributed by atoms with Crippen LogP contribution in [0.3, 0.4) is 0 Å². The third kappa shape index (κ3) is 3.45. The maximum absolute atomic E-state index is 12.2. The fourth-order valence-corrected chi connectivity index (χ4v) is 3.62. The minimum absolute atomic E-state index is 0.134. The Morgan fingerprint density at radius 2 is 1.81 bits per heavy atom. The molecule has 0 unspecified atom stereocenters. The van der Waals surface area contributed by atoms with E-state index in [9.17, 15) is 4.79 Å². The van der Waals surface area contributed by atoms with E-state index in [-0.39, 0.29) is 24.4 Å². The fourth-order valence-electron chi connectivity index (χ4n) is 3.62. The minimum Gasteiger partial charge on any atom is -0.493 e. The molecule has 0 spiro atoms. The first kappa shape index (κ1) is 17.7. The van der Waals surface area contributed by atoms with Crippen LogP contribution in [0.2, 0.25) is 0 Å². The predicted molar refractivity (Wildman–Crippen MR) is 97.6 cm³/mol. The Balaban J connectivity index is 1.37. The summed E-state index contributed by atoms with van der Waals surface area (Å²) in [4.78, 5) is 12.2. The number of hydrogen-bond acceptors (Lipinski definition) is 6. The molecule has 27 heavy (non-hydrogen) atoms. The molecule has 0 radical (unpaired) electrons. The second kappa shape index (κ2) is 7.48. The zero-order chi connectivity index (χ0) is 18.8. The van der Waals surface area contributed by atoms with Gasteiger partial charge in [0.15, 0.2) is 23.0 Å². The van der Waals surface area contributed by atoms with Crippen molar-refractivity contribution in [2.75, 3.05) is 27.6 Å². The average Bonchev–Trinajstić information content (AvgIpc) is 3.14. The van der Waals surface area contributed by atoms with Crippen LogP contribution < -0.4 is 18.9 Å². The fraction of sp³-hybridized carbons (Fsp3) is 0.381. The van der Waals surface area contributed by atoms with E-state index in [1.165, 1.54) is 0 Å². The van der Waals surface area contributed by atoms with Gasteiger partial charge in [-0.15, -0.1) is 0 Å². The van der Waals surface area contributed by atoms with Crippen LogP contribution in [0.4, 0.5) is 0 Å². The van der Waals surface area contributed by atoms with Gasteiger partial charge in [0.25, 0.3) is 0 Å². The number of carbonyl (C=O) groups is 1. The summed E-state index contributed by atoms with van der Waals surface area (Å²) >= 11 is 0. The standard InChI is InChI=1S/C21H22O6/c1-23-17-5-3-13(7-19(17)24-2)10-25-11-15-8-16(22)21(15)14-4-6-18-20(9-14)27-12-26-18/h3-7,9,15,21H,8,10-12H2,1-2H3/t15-,21-/m1/s1. The summed E-state index contributed by atoms with van der Waals surface area (Å²) in [6, 6.07) is 11.4. The maximum Gasteiger partial charge on any atom is 0.231 e. The van der Waals surface area contributed by atoms with E-state index >= 15 is 0 Å². The highest BCUT2D eigenvalue weighted by molar-refractivity contribution is 5.92. The van der Waals surface area contributed by atoms with Gasteiger partial charge in [-0.2, -0.15) is 0 Å². The van der Waals surface area contributed by atoms with Gasteiger partial charge in [-0.1, -0.05) is 12.1 Å². The van der Waals surface area contributed by atoms with Crippen molar-refractivity contribution in [2.45, 2.75) is 18.9 Å². The Hall–Kier alpha value is -2.73. The Labute approximate surface area is 157 Å². The summed E-state index contributed by atoms with van der Waals surface area (Å²) in [5.74, 6) is 3.09. The zero-order valence-electron chi connectivity index (χ0n) is 15.4. The van der Waals surface area contributed by atoms with Crippen LogP contribution in [0, 0.1) is 5.92 Å². The number of benzene rings is 2. The van der Waals surface area contributed by atoms with E-state index in [0.29, 0.717) is 36.9 Å². The number of carbonyl (C=O) groups excluding carboxylic acids is 1. The minimum atomic E-state index is -0.134. The topological polar surface area (TPSA) is 63.2 Å². The summed E-state index contributed by atoms with van der Waals surface area (Å²) < 4.78 is 27.2. The van der Waals surface area contributed by atoms with Crippen molar-refractivity contribution in [1.82, 2.24) is 0 Å². The highest BCUT2D eigenvalue weighted by Crippen LogP contribution is 2.43. The number of hydrogen-bond donors (Lipinski definition) is 0. The van der Waals surface area contributed by atoms with Crippen LogP contribution >= 0.6 is 0 Å². The molecule has 1 aliphatic heterocycles. The lowest BCUT2D eigenvalue weighted by Gasteiger charge is -2.35. The first-order chi connectivity index (χ1) is 13.2. The van der Waals surface area contributed by atoms with Crippen molar-refractivity contribution in [3.8, 4) is 23.0 Å². The smallest absolute Gasteiger partial charge is 0.231 e. The third-order valence-corrected chi connectivity index (χ3v) is 5.09. The molecule has 6 nitrogen and oxygen atoms in total. The molecule has 1 saturated carbocycles. The first-order valence-corrected chi connectivity index (χ1v) is 8.90. The van der Waals surface area contributed by atoms with Gasteiger partial charge in [-0.3, -0.25) is 4.79 Å². The van der Waals surface area contributed by atoms with E-state index in [0.717, 1.165) is 16.9 Å². The van der Waals surface area contributed by atoms with Gasteiger partial charge in [-0.05, 0) is 35.4 Å². The van der Waals surface area contributed by atoms with Crippen molar-refractivity contribution in [3.63, 3.8) is 0 Å². The summed E-state index contributed by atoms with van der Waals surface area (Å²) in [5.41, 5.74) is 1.97. The molecule has 1 heterocycles. The number of rotatable bonds is 7. The SMILES string of the molecule is COc1ccc(COC[C@H]2CC(=O)[C@@H]2c2ccc3c(c2)OCO3)cc1OC. The Morgan fingerprint density at radius 1 is 1.00 bits per heavy atom. The third-order valence-electron chi connectivity index (χ3n) is 5.09. The van der Waals surface area contributed by atoms with Crippen LogP contribution in [-0.4, -0.2) is 33.4 Å². The number of methoxy groups -OCH3 is 2. The zero-order valence-corrected chi connectivity index (χ0v) is 15.4. The van der Waals surface area contributed by atoms with Crippen LogP contribution in [0.15, 0.2) is 36.4 Å². The lowest BCUT2D eigenvalue weighted by atomic mass is 9.69. The van der Waals surface area contributed by atoms with E-state index in [1.54, 1.807) is 14.2 Å². The molecule has 0 bridgehead atoms. The molecule has 0 aromatic heterocycles. The Kier molecular flexibility index (Phi) is 4.90. The van der Waals surface area contributed by atoms with Gasteiger partial charge >= 0.3 is 0 Å². The van der Waals surface area contributed by atoms with Gasteiger partial charge in [0.2, 0.25) is 6.79 Å². The van der Waals surface area contributed by atoms with Gasteiger partial charge in [0, 0.05) is 18.3 Å². The summed E-state index contributed by atoms with van der Waals surface area (Å²) in [5, 5.41) is 0. The maximum atomic E-state index is 12.2. The number of ketones is 1. The summed E-state index contributed by atoms with van der Waals surface area (Å²) in [6.07, 6.45) is 0.547. The molecule has 1 aliphatic carbocycles. The van der Waals surface area contributed by atoms with Gasteiger partial charge in [-0.25, -0.2) is 0 Å². The Morgan fingerprint density at radius 3 is 2.59 bits per heavy atom. The molecule has 1 fully saturated rings. The van der Waals surface area contributed by atoms with Crippen molar-refractivity contribution in [1.29, 1.82) is 0 Å². The van der Waals surface area contributed by atoms with Gasteiger partial charge in [0.1, 0.15) is 5.78 Å². The van der Waals surface area contributed by atoms with Crippen molar-refractivity contribution < 1.29 is 28.5 Å². The molecule has 2 aromatic carbocycles. The molecular weight excluding hydrogens is 348 g/mol. The van der Waals surface area contributed by atoms with Crippen molar-refractivity contribution in [3.05, 3.63) is 47.5 Å². The summed E-state index contributed by atoms with van der Waals surface area (Å²) in [6.45, 7) is 1.22. The van der Waals surface area contributed by atoms with Crippen molar-refractivity contribution in [2.24, 2.45) is 5.92 Å². The number of fused-ring (bicyclic) bond motifs is 1. The Bertz CT molecular complexity index is 847. The molecule has 2 aliphatic rings. The molecular formula is C21H22O6. The van der Waals surface area contributed by atoms with Gasteiger partial charge < -0.3 is 23.7 Å². The normalized spacial score (nSPS) is 20.3. The van der Waals surface area contributed by atoms with Crippen LogP contribution in [0.1, 0.15) is 23.5 Å². The van der Waals surface area contributed by atoms with E-state index in [2.05, 4.69) is 0 Å². The van der Waals surface area contributed by atoms with E-state index in [4.69, 9.17) is 23.7 Å². The van der Waals surface area contributed by atoms with Crippen LogP contribution in [-0.2, 0) is 16.1 Å². The molecule has 0 amide bonds. The lowest BCUT2D eigenvalue weighted by molar-refractivity contribution is -0.132. The van der Waals surface area contributed by atoms with Crippen LogP contribution in [0.25, 0.3) is 0 Å². The summed E-state index contributed by atoms with van der Waals surface area (Å²) in [7, 11) is 3.22. The first-order valence-electron chi connectivity index (χ1n) is 8.90. The molecule has 2 atom stereocenters. The van der Waals surface area contributed by atoms with Crippen LogP contribution in [0.5, 0.6) is 23.0 Å². The highest BCUT2D eigenvalue weighted by atomic mass is 16.7. The number of Topliss-reactive ketones (excluding diaryl/α,β-unsaturated/α-hetero) is 1. The van der Waals surface area contributed by atoms with Gasteiger partial charge in [0.05, 0.1) is 27.4 Å². The van der Waals surface area contributed by atoms with E-state index < -0.39 is 0 Å². The second-order valence-electron chi connectivity index (χ2n) is 6.73. The lowest BCUT2D eigenvalue weighted by Crippen LogP contribution is -2.37. The highest BCUT2D eigenvalue weighted by Gasteiger charge is 2.41. The molecule has 6 heteroatoms. The molecule has 0 saturated heterocycles. The second-order valence-corrected chi connectivity index (χ2v) is 6.73.